The van der Waals surface area contributed by atoms with E-state index in [2.05, 4.69) is 24.1 Å². The zero-order valence-corrected chi connectivity index (χ0v) is 17.1. The quantitative estimate of drug-likeness (QED) is 0.734. The smallest absolute Gasteiger partial charge is 0.251 e. The van der Waals surface area contributed by atoms with Crippen molar-refractivity contribution in [3.63, 3.8) is 0 Å². The Balaban J connectivity index is 1.85. The number of rotatable bonds is 7. The molecule has 1 amide bonds. The summed E-state index contributed by atoms with van der Waals surface area (Å²) in [5, 5.41) is 2.89. The molecule has 1 aromatic carbocycles. The molecule has 0 spiro atoms. The maximum Gasteiger partial charge on any atom is 0.251 e. The number of sulfonamides is 1. The van der Waals surface area contributed by atoms with E-state index in [1.54, 1.807) is 12.1 Å². The van der Waals surface area contributed by atoms with Gasteiger partial charge in [-0.25, -0.2) is 12.7 Å². The molecular weight excluding hydrogens is 350 g/mol. The Bertz CT molecular complexity index is 708. The minimum Gasteiger partial charge on any atom is -0.352 e. The molecule has 1 aromatic rings. The second-order valence-electron chi connectivity index (χ2n) is 7.63. The van der Waals surface area contributed by atoms with Gasteiger partial charge < -0.3 is 10.2 Å². The SMILES string of the molecule is CC1CC(C)CN(CCCNC(=O)c2cccc(S(=O)(=O)N(C)C)c2)C1. The van der Waals surface area contributed by atoms with Crippen molar-refractivity contribution < 1.29 is 13.2 Å². The van der Waals surface area contributed by atoms with Crippen LogP contribution in [0.1, 0.15) is 37.0 Å². The standard InChI is InChI=1S/C19H31N3O3S/c1-15-11-16(2)14-22(13-15)10-6-9-20-19(23)17-7-5-8-18(12-17)26(24,25)21(3)4/h5,7-8,12,15-16H,6,9-11,13-14H2,1-4H3,(H,20,23). The lowest BCUT2D eigenvalue weighted by atomic mass is 9.92. The molecule has 0 radical (unpaired) electrons. The van der Waals surface area contributed by atoms with Crippen LogP contribution in [-0.2, 0) is 10.0 Å². The number of hydrogen-bond acceptors (Lipinski definition) is 4. The molecule has 0 aliphatic carbocycles. The molecule has 2 atom stereocenters. The maximum atomic E-state index is 12.3. The summed E-state index contributed by atoms with van der Waals surface area (Å²) in [6, 6.07) is 6.17. The molecular formula is C19H31N3O3S. The predicted octanol–water partition coefficient (Wildman–Crippen LogP) is 2.03. The number of hydrogen-bond donors (Lipinski definition) is 1. The molecule has 7 heteroatoms. The molecule has 1 fully saturated rings. The van der Waals surface area contributed by atoms with Crippen LogP contribution in [0, 0.1) is 11.8 Å². The maximum absolute atomic E-state index is 12.3. The summed E-state index contributed by atoms with van der Waals surface area (Å²) in [5.41, 5.74) is 0.369. The van der Waals surface area contributed by atoms with Crippen LogP contribution in [0.4, 0.5) is 0 Å². The van der Waals surface area contributed by atoms with E-state index >= 15 is 0 Å². The molecule has 1 heterocycles. The van der Waals surface area contributed by atoms with Crippen molar-refractivity contribution in [3.8, 4) is 0 Å². The number of piperidine rings is 1. The molecule has 0 aromatic heterocycles. The number of benzene rings is 1. The normalized spacial score (nSPS) is 21.7. The molecule has 146 valence electrons. The first-order chi connectivity index (χ1) is 12.2. The van der Waals surface area contributed by atoms with E-state index in [0.29, 0.717) is 12.1 Å². The second-order valence-corrected chi connectivity index (χ2v) is 9.78. The van der Waals surface area contributed by atoms with Crippen molar-refractivity contribution in [1.29, 1.82) is 0 Å². The Kier molecular flexibility index (Phi) is 7.20. The van der Waals surface area contributed by atoms with Crippen LogP contribution < -0.4 is 5.32 Å². The summed E-state index contributed by atoms with van der Waals surface area (Å²) in [6.07, 6.45) is 2.18. The number of carbonyl (C=O) groups excluding carboxylic acids is 1. The molecule has 1 aliphatic heterocycles. The summed E-state index contributed by atoms with van der Waals surface area (Å²) in [6.45, 7) is 8.40. The first-order valence-corrected chi connectivity index (χ1v) is 10.7. The highest BCUT2D eigenvalue weighted by Crippen LogP contribution is 2.20. The zero-order valence-electron chi connectivity index (χ0n) is 16.2. The van der Waals surface area contributed by atoms with E-state index in [1.165, 1.54) is 32.6 Å². The predicted molar refractivity (Wildman–Crippen MR) is 104 cm³/mol. The lowest BCUT2D eigenvalue weighted by Gasteiger charge is -2.34. The largest absolute Gasteiger partial charge is 0.352 e. The van der Waals surface area contributed by atoms with E-state index in [4.69, 9.17) is 0 Å². The molecule has 2 rings (SSSR count). The summed E-state index contributed by atoms with van der Waals surface area (Å²) in [7, 11) is -0.583. The van der Waals surface area contributed by atoms with Crippen molar-refractivity contribution in [2.75, 3.05) is 40.3 Å². The first kappa shape index (κ1) is 20.9. The van der Waals surface area contributed by atoms with E-state index in [1.807, 2.05) is 0 Å². The summed E-state index contributed by atoms with van der Waals surface area (Å²) >= 11 is 0. The third-order valence-corrected chi connectivity index (χ3v) is 6.57. The fraction of sp³-hybridized carbons (Fsp3) is 0.632. The van der Waals surface area contributed by atoms with E-state index in [0.717, 1.165) is 42.2 Å². The van der Waals surface area contributed by atoms with Gasteiger partial charge in [0, 0.05) is 39.3 Å². The second kappa shape index (κ2) is 8.97. The fourth-order valence-electron chi connectivity index (χ4n) is 3.59. The van der Waals surface area contributed by atoms with Gasteiger partial charge in [-0.1, -0.05) is 19.9 Å². The molecule has 2 unspecified atom stereocenters. The van der Waals surface area contributed by atoms with E-state index in [9.17, 15) is 13.2 Å². The molecule has 1 N–H and O–H groups in total. The van der Waals surface area contributed by atoms with Crippen LogP contribution >= 0.6 is 0 Å². The van der Waals surface area contributed by atoms with Crippen molar-refractivity contribution in [2.24, 2.45) is 11.8 Å². The molecule has 1 aliphatic rings. The minimum absolute atomic E-state index is 0.131. The number of nitrogens with one attached hydrogen (secondary N) is 1. The third kappa shape index (κ3) is 5.53. The Hall–Kier alpha value is -1.44. The first-order valence-electron chi connectivity index (χ1n) is 9.23. The molecule has 0 saturated carbocycles. The summed E-state index contributed by atoms with van der Waals surface area (Å²) in [5.74, 6) is 1.23. The van der Waals surface area contributed by atoms with Gasteiger partial charge >= 0.3 is 0 Å². The van der Waals surface area contributed by atoms with Gasteiger partial charge in [-0.05, 0) is 49.4 Å². The molecule has 0 bridgehead atoms. The lowest BCUT2D eigenvalue weighted by Crippen LogP contribution is -2.40. The van der Waals surface area contributed by atoms with Crippen molar-refractivity contribution in [1.82, 2.24) is 14.5 Å². The van der Waals surface area contributed by atoms with Crippen LogP contribution in [0.25, 0.3) is 0 Å². The molecule has 6 nitrogen and oxygen atoms in total. The van der Waals surface area contributed by atoms with Crippen LogP contribution in [0.2, 0.25) is 0 Å². The summed E-state index contributed by atoms with van der Waals surface area (Å²) < 4.78 is 25.5. The van der Waals surface area contributed by atoms with Gasteiger partial charge in [-0.2, -0.15) is 0 Å². The molecule has 1 saturated heterocycles. The third-order valence-electron chi connectivity index (χ3n) is 4.76. The number of amides is 1. The van der Waals surface area contributed by atoms with Gasteiger partial charge in [0.05, 0.1) is 4.90 Å². The average molecular weight is 382 g/mol. The van der Waals surface area contributed by atoms with Gasteiger partial charge in [0.15, 0.2) is 0 Å². The Morgan fingerprint density at radius 1 is 1.23 bits per heavy atom. The van der Waals surface area contributed by atoms with Crippen LogP contribution in [0.15, 0.2) is 29.2 Å². The Morgan fingerprint density at radius 2 is 1.88 bits per heavy atom. The summed E-state index contributed by atoms with van der Waals surface area (Å²) in [4.78, 5) is 14.9. The van der Waals surface area contributed by atoms with Crippen molar-refractivity contribution in [2.45, 2.75) is 31.6 Å². The van der Waals surface area contributed by atoms with Crippen LogP contribution in [0.5, 0.6) is 0 Å². The number of likely N-dealkylation sites (tertiary alicyclic amines) is 1. The van der Waals surface area contributed by atoms with Crippen LogP contribution in [0.3, 0.4) is 0 Å². The highest BCUT2D eigenvalue weighted by atomic mass is 32.2. The highest BCUT2D eigenvalue weighted by Gasteiger charge is 2.21. The number of nitrogens with zero attached hydrogens (tertiary/aromatic N) is 2. The van der Waals surface area contributed by atoms with Gasteiger partial charge in [0.2, 0.25) is 10.0 Å². The molecule has 26 heavy (non-hydrogen) atoms. The Morgan fingerprint density at radius 3 is 2.50 bits per heavy atom. The topological polar surface area (TPSA) is 69.7 Å². The van der Waals surface area contributed by atoms with Crippen molar-refractivity contribution in [3.05, 3.63) is 29.8 Å². The van der Waals surface area contributed by atoms with Gasteiger partial charge in [0.1, 0.15) is 0 Å². The van der Waals surface area contributed by atoms with Gasteiger partial charge in [-0.15, -0.1) is 0 Å². The average Bonchev–Trinajstić information content (AvgIpc) is 2.57. The zero-order chi connectivity index (χ0) is 19.3. The van der Waals surface area contributed by atoms with Crippen molar-refractivity contribution >= 4 is 15.9 Å². The minimum atomic E-state index is -3.54. The van der Waals surface area contributed by atoms with E-state index in [-0.39, 0.29) is 10.8 Å². The van der Waals surface area contributed by atoms with E-state index < -0.39 is 10.0 Å². The monoisotopic (exact) mass is 381 g/mol. The highest BCUT2D eigenvalue weighted by molar-refractivity contribution is 7.89. The Labute approximate surface area is 157 Å². The van der Waals surface area contributed by atoms with Gasteiger partial charge in [0.25, 0.3) is 5.91 Å². The fourth-order valence-corrected chi connectivity index (χ4v) is 4.54. The lowest BCUT2D eigenvalue weighted by molar-refractivity contribution is 0.0947. The van der Waals surface area contributed by atoms with Crippen LogP contribution in [-0.4, -0.2) is 63.8 Å². The number of carbonyl (C=O) groups is 1. The van der Waals surface area contributed by atoms with Gasteiger partial charge in [-0.3, -0.25) is 4.79 Å².